The maximum Gasteiger partial charge on any atom is 0.241 e. The smallest absolute Gasteiger partial charge is 0.241 e. The third-order valence-corrected chi connectivity index (χ3v) is 8.30. The van der Waals surface area contributed by atoms with Crippen LogP contribution in [0.5, 0.6) is 0 Å². The van der Waals surface area contributed by atoms with Crippen molar-refractivity contribution in [1.29, 1.82) is 0 Å². The topological polar surface area (TPSA) is 113 Å². The van der Waals surface area contributed by atoms with E-state index in [1.807, 2.05) is 30.3 Å². The van der Waals surface area contributed by atoms with Gasteiger partial charge in [0, 0.05) is 34.1 Å². The first-order chi connectivity index (χ1) is 17.9. The van der Waals surface area contributed by atoms with Crippen molar-refractivity contribution in [2.75, 3.05) is 10.6 Å². The first-order valence-corrected chi connectivity index (χ1v) is 13.6. The molecule has 1 aromatic heterocycles. The Balaban J connectivity index is 1.22. The fourth-order valence-electron chi connectivity index (χ4n) is 4.80. The van der Waals surface area contributed by atoms with Crippen LogP contribution < -0.4 is 15.4 Å². The molecule has 1 aliphatic carbocycles. The molecule has 1 amide bonds. The highest BCUT2D eigenvalue weighted by molar-refractivity contribution is 7.89. The van der Waals surface area contributed by atoms with E-state index in [4.69, 9.17) is 11.6 Å². The average molecular weight is 532 g/mol. The first kappa shape index (κ1) is 23.6. The van der Waals surface area contributed by atoms with E-state index in [2.05, 4.69) is 25.3 Å². The summed E-state index contributed by atoms with van der Waals surface area (Å²) >= 11 is 6.11. The van der Waals surface area contributed by atoms with Gasteiger partial charge in [-0.25, -0.2) is 23.1 Å². The number of aryl methyl sites for hydroxylation is 1. The highest BCUT2D eigenvalue weighted by atomic mass is 35.5. The van der Waals surface area contributed by atoms with Gasteiger partial charge in [-0.3, -0.25) is 4.79 Å². The summed E-state index contributed by atoms with van der Waals surface area (Å²) in [5.41, 5.74) is 5.51. The third kappa shape index (κ3) is 4.69. The van der Waals surface area contributed by atoms with Crippen LogP contribution in [-0.2, 0) is 27.7 Å². The maximum absolute atomic E-state index is 13.0. The predicted octanol–water partition coefficient (Wildman–Crippen LogP) is 5.00. The molecule has 2 aliphatic rings. The van der Waals surface area contributed by atoms with Gasteiger partial charge in [0.15, 0.2) is 0 Å². The number of benzene rings is 3. The Bertz CT molecular complexity index is 1640. The normalized spacial score (nSPS) is 16.2. The Kier molecular flexibility index (Phi) is 5.91. The van der Waals surface area contributed by atoms with Crippen LogP contribution in [0.4, 0.5) is 17.3 Å². The Labute approximate surface area is 219 Å². The standard InChI is InChI=1S/C27H22ClN5O3S/c28-18-6-11-22-24(14-18)31-25(34)13-17-15-29-27(32-26(17)22)30-19-7-9-20(10-8-19)37(35,36)33-23-12-5-16-3-1-2-4-21(16)23/h1-4,6-11,14-15,23,33H,5,12-13H2,(H,31,34)(H,29,30,32)/t23-/m1/s1. The van der Waals surface area contributed by atoms with Gasteiger partial charge in [-0.05, 0) is 66.4 Å². The van der Waals surface area contributed by atoms with Gasteiger partial charge in [0.2, 0.25) is 21.9 Å². The minimum atomic E-state index is -3.69. The summed E-state index contributed by atoms with van der Waals surface area (Å²) in [7, 11) is -3.69. The largest absolute Gasteiger partial charge is 0.325 e. The summed E-state index contributed by atoms with van der Waals surface area (Å²) < 4.78 is 28.9. The molecule has 1 atom stereocenters. The molecule has 1 aliphatic heterocycles. The summed E-state index contributed by atoms with van der Waals surface area (Å²) in [5.74, 6) is 0.156. The highest BCUT2D eigenvalue weighted by Crippen LogP contribution is 2.35. The van der Waals surface area contributed by atoms with E-state index in [0.29, 0.717) is 33.6 Å². The second-order valence-corrected chi connectivity index (χ2v) is 11.2. The zero-order chi connectivity index (χ0) is 25.6. The summed E-state index contributed by atoms with van der Waals surface area (Å²) in [6, 6.07) is 19.4. The number of nitrogens with zero attached hydrogens (tertiary/aromatic N) is 2. The molecule has 3 aromatic carbocycles. The molecule has 0 fully saturated rings. The van der Waals surface area contributed by atoms with Crippen LogP contribution in [0.1, 0.15) is 29.2 Å². The van der Waals surface area contributed by atoms with E-state index in [1.54, 1.807) is 42.6 Å². The van der Waals surface area contributed by atoms with Gasteiger partial charge in [-0.1, -0.05) is 35.9 Å². The van der Waals surface area contributed by atoms with E-state index in [1.165, 1.54) is 5.56 Å². The fraction of sp³-hybridized carbons (Fsp3) is 0.148. The maximum atomic E-state index is 13.0. The molecular weight excluding hydrogens is 510 g/mol. The van der Waals surface area contributed by atoms with Crippen LogP contribution in [-0.4, -0.2) is 24.3 Å². The van der Waals surface area contributed by atoms with E-state index in [0.717, 1.165) is 24.0 Å². The van der Waals surface area contributed by atoms with Gasteiger partial charge in [-0.2, -0.15) is 0 Å². The van der Waals surface area contributed by atoms with Gasteiger partial charge in [-0.15, -0.1) is 0 Å². The monoisotopic (exact) mass is 531 g/mol. The Morgan fingerprint density at radius 2 is 1.81 bits per heavy atom. The molecule has 4 aromatic rings. The third-order valence-electron chi connectivity index (χ3n) is 6.58. The number of halogens is 1. The molecule has 0 radical (unpaired) electrons. The zero-order valence-corrected chi connectivity index (χ0v) is 21.1. The number of aromatic nitrogens is 2. The number of hydrogen-bond acceptors (Lipinski definition) is 6. The number of anilines is 3. The number of sulfonamides is 1. The summed E-state index contributed by atoms with van der Waals surface area (Å²) in [6.45, 7) is 0. The lowest BCUT2D eigenvalue weighted by molar-refractivity contribution is -0.115. The van der Waals surface area contributed by atoms with Crippen molar-refractivity contribution in [3.63, 3.8) is 0 Å². The Morgan fingerprint density at radius 1 is 1.00 bits per heavy atom. The average Bonchev–Trinajstić information content (AvgIpc) is 3.21. The number of carbonyl (C=O) groups is 1. The molecular formula is C27H22ClN5O3S. The molecule has 0 bridgehead atoms. The van der Waals surface area contributed by atoms with Crippen molar-refractivity contribution in [3.05, 3.63) is 94.6 Å². The molecule has 3 N–H and O–H groups in total. The van der Waals surface area contributed by atoms with Crippen molar-refractivity contribution in [2.45, 2.75) is 30.2 Å². The lowest BCUT2D eigenvalue weighted by Crippen LogP contribution is -2.27. The molecule has 8 nitrogen and oxygen atoms in total. The second-order valence-electron chi connectivity index (χ2n) is 9.04. The summed E-state index contributed by atoms with van der Waals surface area (Å²) in [4.78, 5) is 21.5. The molecule has 0 saturated carbocycles. The fourth-order valence-corrected chi connectivity index (χ4v) is 6.23. The molecule has 0 spiro atoms. The number of rotatable bonds is 5. The van der Waals surface area contributed by atoms with Crippen LogP contribution in [0.2, 0.25) is 5.02 Å². The van der Waals surface area contributed by atoms with E-state index in [-0.39, 0.29) is 23.3 Å². The molecule has 6 rings (SSSR count). The van der Waals surface area contributed by atoms with Crippen molar-refractivity contribution >= 4 is 44.9 Å². The van der Waals surface area contributed by atoms with Crippen molar-refractivity contribution in [2.24, 2.45) is 0 Å². The quantitative estimate of drug-likeness (QED) is 0.334. The van der Waals surface area contributed by atoms with Crippen molar-refractivity contribution in [1.82, 2.24) is 14.7 Å². The number of hydrogen-bond donors (Lipinski definition) is 3. The van der Waals surface area contributed by atoms with Gasteiger partial charge in [0.1, 0.15) is 0 Å². The molecule has 0 unspecified atom stereocenters. The van der Waals surface area contributed by atoms with E-state index in [9.17, 15) is 13.2 Å². The number of nitrogens with one attached hydrogen (secondary N) is 3. The van der Waals surface area contributed by atoms with Gasteiger partial charge in [0.05, 0.1) is 22.7 Å². The lowest BCUT2D eigenvalue weighted by Gasteiger charge is -2.15. The second kappa shape index (κ2) is 9.26. The van der Waals surface area contributed by atoms with E-state index < -0.39 is 10.0 Å². The molecule has 0 saturated heterocycles. The SMILES string of the molecule is O=C1Cc2cnc(Nc3ccc(S(=O)(=O)N[C@@H]4CCc5ccccc54)cc3)nc2-c2ccc(Cl)cc2N1. The van der Waals surface area contributed by atoms with Crippen LogP contribution in [0, 0.1) is 0 Å². The highest BCUT2D eigenvalue weighted by Gasteiger charge is 2.27. The number of carbonyl (C=O) groups excluding carboxylic acids is 1. The van der Waals surface area contributed by atoms with Crippen LogP contribution >= 0.6 is 11.6 Å². The Morgan fingerprint density at radius 3 is 2.65 bits per heavy atom. The van der Waals surface area contributed by atoms with Crippen LogP contribution in [0.15, 0.2) is 77.8 Å². The number of fused-ring (bicyclic) bond motifs is 4. The minimum Gasteiger partial charge on any atom is -0.325 e. The van der Waals surface area contributed by atoms with Gasteiger partial charge in [0.25, 0.3) is 0 Å². The molecule has 186 valence electrons. The van der Waals surface area contributed by atoms with Crippen LogP contribution in [0.3, 0.4) is 0 Å². The van der Waals surface area contributed by atoms with Crippen molar-refractivity contribution < 1.29 is 13.2 Å². The zero-order valence-electron chi connectivity index (χ0n) is 19.5. The van der Waals surface area contributed by atoms with Crippen molar-refractivity contribution in [3.8, 4) is 11.3 Å². The van der Waals surface area contributed by atoms with Gasteiger partial charge < -0.3 is 10.6 Å². The number of amides is 1. The summed E-state index contributed by atoms with van der Waals surface area (Å²) in [5, 5.41) is 6.49. The molecule has 10 heteroatoms. The minimum absolute atomic E-state index is 0.146. The van der Waals surface area contributed by atoms with Crippen LogP contribution in [0.25, 0.3) is 11.3 Å². The lowest BCUT2D eigenvalue weighted by atomic mass is 10.1. The summed E-state index contributed by atoms with van der Waals surface area (Å²) in [6.07, 6.45) is 3.36. The first-order valence-electron chi connectivity index (χ1n) is 11.8. The Hall–Kier alpha value is -3.79. The molecule has 37 heavy (non-hydrogen) atoms. The predicted molar refractivity (Wildman–Crippen MR) is 142 cm³/mol. The molecule has 2 heterocycles. The van der Waals surface area contributed by atoms with E-state index >= 15 is 0 Å². The van der Waals surface area contributed by atoms with Gasteiger partial charge >= 0.3 is 0 Å².